The molecule has 11 heavy (non-hydrogen) atoms. The van der Waals surface area contributed by atoms with E-state index in [1.165, 1.54) is 0 Å². The number of hydrogen-bond donors (Lipinski definition) is 2. The first-order chi connectivity index (χ1) is 5.27. The number of H-pyrrole nitrogens is 1. The third-order valence-electron chi connectivity index (χ3n) is 1.31. The van der Waals surface area contributed by atoms with Gasteiger partial charge < -0.3 is 5.73 Å². The van der Waals surface area contributed by atoms with Crippen LogP contribution in [-0.4, -0.2) is 23.0 Å². The molecule has 0 amide bonds. The number of rotatable bonds is 2. The van der Waals surface area contributed by atoms with Gasteiger partial charge in [0.1, 0.15) is 5.82 Å². The first kappa shape index (κ1) is 7.53. The van der Waals surface area contributed by atoms with Crippen LogP contribution in [0.25, 0.3) is 0 Å². The van der Waals surface area contributed by atoms with Crippen molar-refractivity contribution in [3.8, 4) is 0 Å². The van der Waals surface area contributed by atoms with Crippen molar-refractivity contribution in [3.63, 3.8) is 0 Å². The van der Waals surface area contributed by atoms with Crippen LogP contribution in [0.2, 0.25) is 0 Å². The van der Waals surface area contributed by atoms with E-state index < -0.39 is 0 Å². The topological polar surface area (TPSA) is 67.1 Å². The number of nitrogens with zero attached hydrogens (tertiary/aromatic N) is 2. The molecular weight excluding hydrogens is 140 g/mol. The zero-order valence-corrected chi connectivity index (χ0v) is 6.33. The minimum atomic E-state index is 0.461. The fourth-order valence-corrected chi connectivity index (χ4v) is 0.790. The van der Waals surface area contributed by atoms with E-state index in [9.17, 15) is 0 Å². The molecule has 0 aliphatic heterocycles. The average molecular weight is 150 g/mol. The summed E-state index contributed by atoms with van der Waals surface area (Å²) in [7, 11) is 1.69. The Morgan fingerprint density at radius 2 is 2.64 bits per heavy atom. The van der Waals surface area contributed by atoms with Crippen LogP contribution >= 0.6 is 0 Å². The van der Waals surface area contributed by atoms with E-state index in [1.807, 2.05) is 0 Å². The quantitative estimate of drug-likeness (QED) is 0.606. The summed E-state index contributed by atoms with van der Waals surface area (Å²) in [6, 6.07) is 1.71. The Morgan fingerprint density at radius 3 is 3.00 bits per heavy atom. The minimum Gasteiger partial charge on any atom is -0.382 e. The van der Waals surface area contributed by atoms with Crippen molar-refractivity contribution in [2.75, 3.05) is 12.8 Å². The van der Waals surface area contributed by atoms with Crippen LogP contribution in [0.4, 0.5) is 5.82 Å². The lowest BCUT2D eigenvalue weighted by molar-refractivity contribution is 1.09. The van der Waals surface area contributed by atoms with Gasteiger partial charge in [0.2, 0.25) is 0 Å². The summed E-state index contributed by atoms with van der Waals surface area (Å²) in [5.74, 6) is 0.461. The van der Waals surface area contributed by atoms with Gasteiger partial charge in [-0.1, -0.05) is 6.58 Å². The van der Waals surface area contributed by atoms with Crippen LogP contribution < -0.4 is 5.73 Å². The van der Waals surface area contributed by atoms with Gasteiger partial charge in [0.15, 0.2) is 0 Å². The third kappa shape index (κ3) is 1.46. The summed E-state index contributed by atoms with van der Waals surface area (Å²) in [5.41, 5.74) is 6.94. The lowest BCUT2D eigenvalue weighted by Gasteiger charge is -1.91. The normalized spacial score (nSPS) is 11.5. The van der Waals surface area contributed by atoms with Gasteiger partial charge in [0, 0.05) is 13.1 Å². The fraction of sp³-hybridized carbons (Fsp3) is 0.143. The second-order valence-corrected chi connectivity index (χ2v) is 2.02. The van der Waals surface area contributed by atoms with E-state index in [0.717, 1.165) is 11.4 Å². The van der Waals surface area contributed by atoms with Crippen molar-refractivity contribution >= 4 is 11.5 Å². The van der Waals surface area contributed by atoms with Crippen LogP contribution in [0.3, 0.4) is 0 Å². The largest absolute Gasteiger partial charge is 0.382 e. The first-order valence-electron chi connectivity index (χ1n) is 3.18. The Hall–Kier alpha value is -1.58. The number of anilines is 1. The predicted octanol–water partition coefficient (Wildman–Crippen LogP) is 0.597. The second kappa shape index (κ2) is 3.01. The molecule has 0 aliphatic rings. The molecule has 0 aliphatic carbocycles. The molecule has 1 heterocycles. The second-order valence-electron chi connectivity index (χ2n) is 2.02. The van der Waals surface area contributed by atoms with Gasteiger partial charge in [-0.3, -0.25) is 10.1 Å². The van der Waals surface area contributed by atoms with E-state index in [-0.39, 0.29) is 0 Å². The summed E-state index contributed by atoms with van der Waals surface area (Å²) in [5, 5.41) is 6.49. The Morgan fingerprint density at radius 1 is 1.91 bits per heavy atom. The molecule has 0 radical (unpaired) electrons. The predicted molar refractivity (Wildman–Crippen MR) is 45.7 cm³/mol. The number of aliphatic imine (C=N–C) groups is 1. The van der Waals surface area contributed by atoms with Crippen molar-refractivity contribution in [1.29, 1.82) is 0 Å². The standard InChI is InChI=1S/C7H10N4/c1-3-5(9-2)6-4-7(8)11-10-6/h3-4H,1H2,2H3,(H3,8,10,11). The van der Waals surface area contributed by atoms with E-state index in [0.29, 0.717) is 5.82 Å². The first-order valence-corrected chi connectivity index (χ1v) is 3.18. The van der Waals surface area contributed by atoms with Crippen LogP contribution in [-0.2, 0) is 0 Å². The van der Waals surface area contributed by atoms with E-state index in [4.69, 9.17) is 5.73 Å². The Labute approximate surface area is 64.8 Å². The number of aromatic nitrogens is 2. The minimum absolute atomic E-state index is 0.461. The average Bonchev–Trinajstić information content (AvgIpc) is 2.39. The zero-order valence-electron chi connectivity index (χ0n) is 6.33. The van der Waals surface area contributed by atoms with Crippen LogP contribution in [0.1, 0.15) is 5.69 Å². The molecule has 4 nitrogen and oxygen atoms in total. The van der Waals surface area contributed by atoms with Crippen molar-refractivity contribution in [2.45, 2.75) is 0 Å². The molecule has 0 aromatic carbocycles. The zero-order chi connectivity index (χ0) is 8.27. The molecule has 4 heteroatoms. The van der Waals surface area contributed by atoms with E-state index in [1.54, 1.807) is 19.2 Å². The lowest BCUT2D eigenvalue weighted by Crippen LogP contribution is -1.95. The lowest BCUT2D eigenvalue weighted by atomic mass is 10.2. The summed E-state index contributed by atoms with van der Waals surface area (Å²) >= 11 is 0. The number of nitrogens with one attached hydrogen (secondary N) is 1. The van der Waals surface area contributed by atoms with Crippen molar-refractivity contribution < 1.29 is 0 Å². The molecule has 1 aromatic heterocycles. The molecule has 1 aromatic rings. The van der Waals surface area contributed by atoms with Crippen LogP contribution in [0, 0.1) is 0 Å². The number of aromatic amines is 1. The maximum Gasteiger partial charge on any atom is 0.145 e. The Kier molecular flexibility index (Phi) is 2.06. The summed E-state index contributed by atoms with van der Waals surface area (Å²) in [6.07, 6.45) is 1.65. The van der Waals surface area contributed by atoms with Crippen molar-refractivity contribution in [2.24, 2.45) is 4.99 Å². The van der Waals surface area contributed by atoms with Gasteiger partial charge in [0.25, 0.3) is 0 Å². The maximum absolute atomic E-state index is 5.39. The molecule has 0 fully saturated rings. The highest BCUT2D eigenvalue weighted by atomic mass is 15.2. The Balaban J connectivity index is 3.00. The van der Waals surface area contributed by atoms with Crippen LogP contribution in [0.15, 0.2) is 23.7 Å². The van der Waals surface area contributed by atoms with E-state index in [2.05, 4.69) is 21.8 Å². The molecule has 0 atom stereocenters. The highest BCUT2D eigenvalue weighted by molar-refractivity contribution is 6.07. The number of nitrogens with two attached hydrogens (primary N) is 1. The molecule has 0 unspecified atom stereocenters. The van der Waals surface area contributed by atoms with E-state index >= 15 is 0 Å². The highest BCUT2D eigenvalue weighted by Crippen LogP contribution is 2.02. The summed E-state index contributed by atoms with van der Waals surface area (Å²) in [6.45, 7) is 3.60. The van der Waals surface area contributed by atoms with Crippen molar-refractivity contribution in [3.05, 3.63) is 24.4 Å². The molecule has 0 spiro atoms. The van der Waals surface area contributed by atoms with Gasteiger partial charge in [0.05, 0.1) is 11.4 Å². The fourth-order valence-electron chi connectivity index (χ4n) is 0.790. The van der Waals surface area contributed by atoms with Gasteiger partial charge in [-0.15, -0.1) is 0 Å². The maximum atomic E-state index is 5.39. The SMILES string of the molecule is C=CC(=NC)c1cc(N)n[nH]1. The molecular formula is C7H10N4. The number of hydrogen-bond acceptors (Lipinski definition) is 3. The summed E-state index contributed by atoms with van der Waals surface area (Å²) in [4.78, 5) is 3.96. The molecule has 0 saturated heterocycles. The monoisotopic (exact) mass is 150 g/mol. The van der Waals surface area contributed by atoms with Crippen molar-refractivity contribution in [1.82, 2.24) is 10.2 Å². The smallest absolute Gasteiger partial charge is 0.145 e. The van der Waals surface area contributed by atoms with Gasteiger partial charge in [-0.05, 0) is 6.08 Å². The molecule has 3 N–H and O–H groups in total. The molecule has 58 valence electrons. The van der Waals surface area contributed by atoms with Gasteiger partial charge in [-0.25, -0.2) is 0 Å². The molecule has 0 saturated carbocycles. The summed E-state index contributed by atoms with van der Waals surface area (Å²) < 4.78 is 0. The van der Waals surface area contributed by atoms with Gasteiger partial charge >= 0.3 is 0 Å². The molecule has 1 rings (SSSR count). The van der Waals surface area contributed by atoms with Gasteiger partial charge in [-0.2, -0.15) is 5.10 Å². The number of nitrogen functional groups attached to an aromatic ring is 1. The Bertz CT molecular complexity index is 284. The third-order valence-corrected chi connectivity index (χ3v) is 1.31. The highest BCUT2D eigenvalue weighted by Gasteiger charge is 2.00. The number of allylic oxidation sites excluding steroid dienone is 1. The van der Waals surface area contributed by atoms with Crippen LogP contribution in [0.5, 0.6) is 0 Å². The molecule has 0 bridgehead atoms.